The summed E-state index contributed by atoms with van der Waals surface area (Å²) in [5, 5.41) is 0. The predicted octanol–water partition coefficient (Wildman–Crippen LogP) is 4.29. The van der Waals surface area contributed by atoms with Gasteiger partial charge in [-0.15, -0.1) is 0 Å². The highest BCUT2D eigenvalue weighted by molar-refractivity contribution is 5.77. The molecule has 0 saturated carbocycles. The molecular weight excluding hydrogens is 192 g/mol. The fourth-order valence-corrected chi connectivity index (χ4v) is 3.01. The Labute approximate surface area is 97.7 Å². The van der Waals surface area contributed by atoms with Crippen LogP contribution in [0.15, 0.2) is 35.9 Å². The Morgan fingerprint density at radius 2 is 2.06 bits per heavy atom. The lowest BCUT2D eigenvalue weighted by molar-refractivity contribution is 0.684. The van der Waals surface area contributed by atoms with Gasteiger partial charge in [-0.2, -0.15) is 0 Å². The van der Waals surface area contributed by atoms with E-state index < -0.39 is 0 Å². The number of rotatable bonds is 0. The Kier molecular flexibility index (Phi) is 2.24. The van der Waals surface area contributed by atoms with Crippen molar-refractivity contribution in [3.05, 3.63) is 52.6 Å². The van der Waals surface area contributed by atoms with Crippen molar-refractivity contribution in [2.75, 3.05) is 0 Å². The van der Waals surface area contributed by atoms with Gasteiger partial charge in [0.2, 0.25) is 0 Å². The highest BCUT2D eigenvalue weighted by Gasteiger charge is 2.23. The molecule has 2 aliphatic carbocycles. The molecule has 16 heavy (non-hydrogen) atoms. The van der Waals surface area contributed by atoms with Gasteiger partial charge in [0.15, 0.2) is 0 Å². The normalized spacial score (nSPS) is 23.0. The van der Waals surface area contributed by atoms with E-state index in [2.05, 4.69) is 44.2 Å². The van der Waals surface area contributed by atoms with Crippen LogP contribution in [0.4, 0.5) is 0 Å². The second kappa shape index (κ2) is 3.62. The lowest BCUT2D eigenvalue weighted by atomic mass is 9.92. The number of hydrogen-bond acceptors (Lipinski definition) is 0. The minimum Gasteiger partial charge on any atom is -0.0740 e. The minimum atomic E-state index is 0.683. The van der Waals surface area contributed by atoms with E-state index in [1.54, 1.807) is 11.1 Å². The van der Waals surface area contributed by atoms with E-state index >= 15 is 0 Å². The van der Waals surface area contributed by atoms with Gasteiger partial charge in [-0.25, -0.2) is 0 Å². The molecule has 0 N–H and O–H groups in total. The molecule has 0 radical (unpaired) electrons. The van der Waals surface area contributed by atoms with Crippen LogP contribution in [0, 0.1) is 12.8 Å². The number of benzene rings is 1. The van der Waals surface area contributed by atoms with Crippen LogP contribution in [0.2, 0.25) is 0 Å². The molecule has 0 aliphatic heterocycles. The highest BCUT2D eigenvalue weighted by atomic mass is 14.3. The molecule has 0 bridgehead atoms. The monoisotopic (exact) mass is 210 g/mol. The molecule has 1 unspecified atom stereocenters. The zero-order chi connectivity index (χ0) is 11.1. The van der Waals surface area contributed by atoms with Crippen LogP contribution in [-0.2, 0) is 6.42 Å². The van der Waals surface area contributed by atoms with Gasteiger partial charge < -0.3 is 0 Å². The van der Waals surface area contributed by atoms with Gasteiger partial charge in [-0.05, 0) is 49.8 Å². The Morgan fingerprint density at radius 1 is 1.19 bits per heavy atom. The third kappa shape index (κ3) is 1.53. The maximum absolute atomic E-state index is 2.44. The average molecular weight is 210 g/mol. The quantitative estimate of drug-likeness (QED) is 0.599. The zero-order valence-corrected chi connectivity index (χ0v) is 10.1. The summed E-state index contributed by atoms with van der Waals surface area (Å²) in [5.41, 5.74) is 7.44. The van der Waals surface area contributed by atoms with E-state index in [4.69, 9.17) is 0 Å². The summed E-state index contributed by atoms with van der Waals surface area (Å²) in [7, 11) is 0. The summed E-state index contributed by atoms with van der Waals surface area (Å²) < 4.78 is 0. The predicted molar refractivity (Wildman–Crippen MR) is 69.3 cm³/mol. The molecule has 0 heterocycles. The first kappa shape index (κ1) is 9.89. The summed E-state index contributed by atoms with van der Waals surface area (Å²) in [5.74, 6) is 0.683. The molecule has 0 amide bonds. The summed E-state index contributed by atoms with van der Waals surface area (Å²) in [4.78, 5) is 0. The van der Waals surface area contributed by atoms with Crippen LogP contribution >= 0.6 is 0 Å². The van der Waals surface area contributed by atoms with Gasteiger partial charge >= 0.3 is 0 Å². The van der Waals surface area contributed by atoms with Gasteiger partial charge in [0, 0.05) is 5.92 Å². The minimum absolute atomic E-state index is 0.683. The van der Waals surface area contributed by atoms with E-state index in [9.17, 15) is 0 Å². The fourth-order valence-electron chi connectivity index (χ4n) is 3.01. The lowest BCUT2D eigenvalue weighted by Crippen LogP contribution is -1.96. The van der Waals surface area contributed by atoms with Crippen molar-refractivity contribution in [3.8, 4) is 0 Å². The standard InChI is InChI=1S/C16H18/c1-11-6-7-13-4-3-5-14-8-12(2)10-16(14)15(13)9-11/h6-10,14H,3-5H2,1-2H3. The van der Waals surface area contributed by atoms with E-state index in [0.29, 0.717) is 5.92 Å². The Bertz CT molecular complexity index is 489. The summed E-state index contributed by atoms with van der Waals surface area (Å²) in [6.07, 6.45) is 8.70. The molecular formula is C16H18. The third-order valence-corrected chi connectivity index (χ3v) is 3.78. The molecule has 0 fully saturated rings. The number of allylic oxidation sites excluding steroid dienone is 4. The smallest absolute Gasteiger partial charge is 0.00299 e. The molecule has 82 valence electrons. The van der Waals surface area contributed by atoms with Crippen LogP contribution in [0.1, 0.15) is 36.5 Å². The van der Waals surface area contributed by atoms with Gasteiger partial charge in [-0.3, -0.25) is 0 Å². The lowest BCUT2D eigenvalue weighted by Gasteiger charge is -2.12. The van der Waals surface area contributed by atoms with E-state index in [-0.39, 0.29) is 0 Å². The molecule has 3 rings (SSSR count). The first-order valence-corrected chi connectivity index (χ1v) is 6.24. The van der Waals surface area contributed by atoms with Crippen LogP contribution in [0.25, 0.3) is 5.57 Å². The SMILES string of the molecule is CC1=CC2CCCc3ccc(C)cc3C2=C1. The molecule has 0 spiro atoms. The molecule has 0 heteroatoms. The van der Waals surface area contributed by atoms with Crippen molar-refractivity contribution in [2.45, 2.75) is 33.1 Å². The topological polar surface area (TPSA) is 0 Å². The molecule has 1 aromatic carbocycles. The van der Waals surface area contributed by atoms with Crippen LogP contribution < -0.4 is 0 Å². The molecule has 1 aromatic rings. The summed E-state index contributed by atoms with van der Waals surface area (Å²) in [6.45, 7) is 4.41. The number of aryl methyl sites for hydroxylation is 2. The van der Waals surface area contributed by atoms with Crippen molar-refractivity contribution in [2.24, 2.45) is 5.92 Å². The van der Waals surface area contributed by atoms with E-state index in [1.807, 2.05) is 0 Å². The van der Waals surface area contributed by atoms with Gasteiger partial charge in [0.05, 0.1) is 0 Å². The number of hydrogen-bond donors (Lipinski definition) is 0. The first-order chi connectivity index (χ1) is 7.74. The Morgan fingerprint density at radius 3 is 2.94 bits per heavy atom. The van der Waals surface area contributed by atoms with Crippen molar-refractivity contribution in [1.29, 1.82) is 0 Å². The maximum atomic E-state index is 2.44. The molecule has 0 aromatic heterocycles. The second-order valence-electron chi connectivity index (χ2n) is 5.17. The van der Waals surface area contributed by atoms with Gasteiger partial charge in [-0.1, -0.05) is 41.5 Å². The van der Waals surface area contributed by atoms with Crippen LogP contribution in [0.3, 0.4) is 0 Å². The van der Waals surface area contributed by atoms with Crippen LogP contribution in [-0.4, -0.2) is 0 Å². The number of fused-ring (bicyclic) bond motifs is 3. The summed E-state index contributed by atoms with van der Waals surface area (Å²) >= 11 is 0. The fraction of sp³-hybridized carbons (Fsp3) is 0.375. The van der Waals surface area contributed by atoms with E-state index in [0.717, 1.165) is 0 Å². The molecule has 2 aliphatic rings. The van der Waals surface area contributed by atoms with Crippen molar-refractivity contribution < 1.29 is 0 Å². The van der Waals surface area contributed by atoms with Crippen molar-refractivity contribution in [1.82, 2.24) is 0 Å². The zero-order valence-electron chi connectivity index (χ0n) is 10.1. The Balaban J connectivity index is 2.15. The molecule has 1 atom stereocenters. The van der Waals surface area contributed by atoms with Gasteiger partial charge in [0.1, 0.15) is 0 Å². The highest BCUT2D eigenvalue weighted by Crippen LogP contribution is 2.40. The second-order valence-corrected chi connectivity index (χ2v) is 5.17. The molecule has 0 saturated heterocycles. The average Bonchev–Trinajstić information content (AvgIpc) is 2.54. The first-order valence-electron chi connectivity index (χ1n) is 6.24. The maximum Gasteiger partial charge on any atom is 0.00299 e. The van der Waals surface area contributed by atoms with Crippen molar-refractivity contribution >= 4 is 5.57 Å². The molecule has 0 nitrogen and oxygen atoms in total. The van der Waals surface area contributed by atoms with Gasteiger partial charge in [0.25, 0.3) is 0 Å². The Hall–Kier alpha value is -1.30. The summed E-state index contributed by atoms with van der Waals surface area (Å²) in [6, 6.07) is 6.93. The van der Waals surface area contributed by atoms with Crippen molar-refractivity contribution in [3.63, 3.8) is 0 Å². The largest absolute Gasteiger partial charge is 0.0740 e. The van der Waals surface area contributed by atoms with Crippen LogP contribution in [0.5, 0.6) is 0 Å². The van der Waals surface area contributed by atoms with E-state index in [1.165, 1.54) is 36.0 Å². The third-order valence-electron chi connectivity index (χ3n) is 3.78.